The number of carbonyl (C=O) groups excluding carboxylic acids is 1. The minimum Gasteiger partial charge on any atom is -0.357 e. The van der Waals surface area contributed by atoms with E-state index in [2.05, 4.69) is 18.0 Å². The fraction of sp³-hybridized carbons (Fsp3) is 0.133. The second-order valence-corrected chi connectivity index (χ2v) is 6.04. The van der Waals surface area contributed by atoms with Crippen molar-refractivity contribution in [2.45, 2.75) is 10.3 Å². The van der Waals surface area contributed by atoms with E-state index in [1.165, 1.54) is 10.5 Å². The molecule has 1 unspecified atom stereocenters. The van der Waals surface area contributed by atoms with Crippen molar-refractivity contribution in [3.05, 3.63) is 58.6 Å². The van der Waals surface area contributed by atoms with Gasteiger partial charge in [0, 0.05) is 22.5 Å². The first-order chi connectivity index (χ1) is 9.19. The molecule has 2 aromatic carbocycles. The fourth-order valence-electron chi connectivity index (χ4n) is 2.22. The van der Waals surface area contributed by atoms with Crippen molar-refractivity contribution in [2.75, 3.05) is 11.9 Å². The summed E-state index contributed by atoms with van der Waals surface area (Å²) in [7, 11) is 2.06. The molecule has 0 saturated heterocycles. The molecule has 0 aliphatic carbocycles. The lowest BCUT2D eigenvalue weighted by atomic mass is 10.1. The molecule has 4 heteroatoms. The average Bonchev–Trinajstić information content (AvgIpc) is 2.76. The summed E-state index contributed by atoms with van der Waals surface area (Å²) in [6.45, 7) is 0. The van der Waals surface area contributed by atoms with Gasteiger partial charge in [0.15, 0.2) is 0 Å². The molecule has 0 N–H and O–H groups in total. The number of halogens is 1. The van der Waals surface area contributed by atoms with Crippen LogP contribution in [0, 0.1) is 0 Å². The highest BCUT2D eigenvalue weighted by Crippen LogP contribution is 2.50. The topological polar surface area (TPSA) is 20.3 Å². The number of fused-ring (bicyclic) bond motifs is 1. The third kappa shape index (κ3) is 2.24. The van der Waals surface area contributed by atoms with Crippen molar-refractivity contribution in [3.8, 4) is 0 Å². The van der Waals surface area contributed by atoms with E-state index in [1.807, 2.05) is 36.4 Å². The average molecular weight is 290 g/mol. The zero-order valence-corrected chi connectivity index (χ0v) is 11.9. The van der Waals surface area contributed by atoms with Crippen LogP contribution in [0.25, 0.3) is 0 Å². The molecule has 19 heavy (non-hydrogen) atoms. The van der Waals surface area contributed by atoms with Gasteiger partial charge in [0.25, 0.3) is 0 Å². The van der Waals surface area contributed by atoms with Crippen LogP contribution in [0.3, 0.4) is 0 Å². The predicted octanol–water partition coefficient (Wildman–Crippen LogP) is 4.39. The first kappa shape index (κ1) is 12.6. The number of carbonyl (C=O) groups is 1. The van der Waals surface area contributed by atoms with E-state index in [-0.39, 0.29) is 5.37 Å². The van der Waals surface area contributed by atoms with Gasteiger partial charge in [-0.1, -0.05) is 47.6 Å². The van der Waals surface area contributed by atoms with Gasteiger partial charge in [-0.05, 0) is 23.8 Å². The molecule has 96 valence electrons. The van der Waals surface area contributed by atoms with Gasteiger partial charge in [0.05, 0.1) is 5.69 Å². The Bertz CT molecular complexity index is 627. The normalized spacial score (nSPS) is 17.4. The molecule has 0 bridgehead atoms. The van der Waals surface area contributed by atoms with Gasteiger partial charge in [0.2, 0.25) is 0 Å². The quantitative estimate of drug-likeness (QED) is 0.765. The number of anilines is 1. The summed E-state index contributed by atoms with van der Waals surface area (Å²) in [6.07, 6.45) is 0.865. The lowest BCUT2D eigenvalue weighted by Gasteiger charge is -2.21. The van der Waals surface area contributed by atoms with Crippen molar-refractivity contribution in [1.82, 2.24) is 0 Å². The minimum atomic E-state index is 0.231. The maximum Gasteiger partial charge on any atom is 0.150 e. The molecule has 0 amide bonds. The van der Waals surface area contributed by atoms with Gasteiger partial charge in [-0.3, -0.25) is 4.79 Å². The standard InChI is InChI=1S/C15H12ClNOS/c1-17-13-8-12(16)6-7-14(13)19-15(17)11-4-2-10(9-18)3-5-11/h2-9,15H,1H3. The Labute approximate surface area is 121 Å². The fourth-order valence-corrected chi connectivity index (χ4v) is 3.66. The van der Waals surface area contributed by atoms with E-state index in [9.17, 15) is 4.79 Å². The molecule has 1 atom stereocenters. The highest BCUT2D eigenvalue weighted by molar-refractivity contribution is 8.00. The van der Waals surface area contributed by atoms with Crippen LogP contribution in [0.5, 0.6) is 0 Å². The van der Waals surface area contributed by atoms with Gasteiger partial charge >= 0.3 is 0 Å². The summed E-state index contributed by atoms with van der Waals surface area (Å²) < 4.78 is 0. The molecule has 1 aliphatic heterocycles. The first-order valence-electron chi connectivity index (χ1n) is 5.93. The maximum atomic E-state index is 10.7. The maximum absolute atomic E-state index is 10.7. The first-order valence-corrected chi connectivity index (χ1v) is 7.19. The lowest BCUT2D eigenvalue weighted by Crippen LogP contribution is -2.17. The third-order valence-electron chi connectivity index (χ3n) is 3.25. The van der Waals surface area contributed by atoms with Gasteiger partial charge in [-0.25, -0.2) is 0 Å². The van der Waals surface area contributed by atoms with Gasteiger partial charge in [0.1, 0.15) is 11.7 Å². The summed E-state index contributed by atoms with van der Waals surface area (Å²) >= 11 is 7.85. The number of hydrogen-bond acceptors (Lipinski definition) is 3. The molecule has 0 spiro atoms. The van der Waals surface area contributed by atoms with Crippen molar-refractivity contribution in [2.24, 2.45) is 0 Å². The van der Waals surface area contributed by atoms with Crippen LogP contribution in [0.4, 0.5) is 5.69 Å². The summed E-state index contributed by atoms with van der Waals surface area (Å²) in [6, 6.07) is 13.7. The number of aldehydes is 1. The number of nitrogens with zero attached hydrogens (tertiary/aromatic N) is 1. The van der Waals surface area contributed by atoms with Crippen LogP contribution in [0.15, 0.2) is 47.4 Å². The number of thioether (sulfide) groups is 1. The van der Waals surface area contributed by atoms with Crippen molar-refractivity contribution in [1.29, 1.82) is 0 Å². The van der Waals surface area contributed by atoms with E-state index < -0.39 is 0 Å². The second-order valence-electron chi connectivity index (χ2n) is 4.48. The van der Waals surface area contributed by atoms with Crippen molar-refractivity contribution < 1.29 is 4.79 Å². The van der Waals surface area contributed by atoms with Crippen LogP contribution in [-0.2, 0) is 0 Å². The summed E-state index contributed by atoms with van der Waals surface area (Å²) in [4.78, 5) is 14.1. The number of hydrogen-bond donors (Lipinski definition) is 0. The van der Waals surface area contributed by atoms with Crippen molar-refractivity contribution >= 4 is 35.3 Å². The second kappa shape index (κ2) is 4.91. The molecule has 3 rings (SSSR count). The van der Waals surface area contributed by atoms with E-state index in [1.54, 1.807) is 11.8 Å². The van der Waals surface area contributed by atoms with Gasteiger partial charge in [-0.2, -0.15) is 0 Å². The predicted molar refractivity (Wildman–Crippen MR) is 80.3 cm³/mol. The SMILES string of the molecule is CN1c2cc(Cl)ccc2SC1c1ccc(C=O)cc1. The Hall–Kier alpha value is -1.45. The van der Waals surface area contributed by atoms with Crippen LogP contribution in [0.1, 0.15) is 21.3 Å². The lowest BCUT2D eigenvalue weighted by molar-refractivity contribution is 0.112. The largest absolute Gasteiger partial charge is 0.357 e. The molecule has 0 saturated carbocycles. The third-order valence-corrected chi connectivity index (χ3v) is 4.89. The number of benzene rings is 2. The molecular weight excluding hydrogens is 278 g/mol. The van der Waals surface area contributed by atoms with E-state index >= 15 is 0 Å². The smallest absolute Gasteiger partial charge is 0.150 e. The molecule has 2 aromatic rings. The zero-order chi connectivity index (χ0) is 13.4. The summed E-state index contributed by atoms with van der Waals surface area (Å²) in [5.41, 5.74) is 3.04. The molecule has 0 fully saturated rings. The molecule has 0 radical (unpaired) electrons. The highest BCUT2D eigenvalue weighted by Gasteiger charge is 2.28. The van der Waals surface area contributed by atoms with E-state index in [0.29, 0.717) is 5.56 Å². The summed E-state index contributed by atoms with van der Waals surface area (Å²) in [5, 5.41) is 0.984. The minimum absolute atomic E-state index is 0.231. The van der Waals surface area contributed by atoms with Gasteiger partial charge in [-0.15, -0.1) is 0 Å². The van der Waals surface area contributed by atoms with Crippen LogP contribution in [0.2, 0.25) is 5.02 Å². The molecule has 2 nitrogen and oxygen atoms in total. The van der Waals surface area contributed by atoms with Crippen LogP contribution < -0.4 is 4.90 Å². The van der Waals surface area contributed by atoms with Gasteiger partial charge < -0.3 is 4.90 Å². The molecular formula is C15H12ClNOS. The number of rotatable bonds is 2. The molecule has 1 aliphatic rings. The van der Waals surface area contributed by atoms with Crippen molar-refractivity contribution in [3.63, 3.8) is 0 Å². The molecule has 0 aromatic heterocycles. The Morgan fingerprint density at radius 3 is 2.63 bits per heavy atom. The van der Waals surface area contributed by atoms with E-state index in [4.69, 9.17) is 11.6 Å². The molecule has 1 heterocycles. The van der Waals surface area contributed by atoms with E-state index in [0.717, 1.165) is 17.0 Å². The Morgan fingerprint density at radius 1 is 1.21 bits per heavy atom. The Kier molecular flexibility index (Phi) is 3.25. The highest BCUT2D eigenvalue weighted by atomic mass is 35.5. The monoisotopic (exact) mass is 289 g/mol. The Balaban J connectivity index is 1.94. The van der Waals surface area contributed by atoms with Crippen LogP contribution >= 0.6 is 23.4 Å². The Morgan fingerprint density at radius 2 is 1.95 bits per heavy atom. The van der Waals surface area contributed by atoms with Crippen LogP contribution in [-0.4, -0.2) is 13.3 Å². The zero-order valence-electron chi connectivity index (χ0n) is 10.3. The summed E-state index contributed by atoms with van der Waals surface area (Å²) in [5.74, 6) is 0.